The minimum Gasteiger partial charge on any atom is -0.358 e. The summed E-state index contributed by atoms with van der Waals surface area (Å²) in [5, 5.41) is 11.4. The van der Waals surface area contributed by atoms with Gasteiger partial charge < -0.3 is 20.1 Å². The first-order valence-corrected chi connectivity index (χ1v) is 8.52. The fraction of sp³-hybridized carbons (Fsp3) is 0.727. The number of amides is 2. The van der Waals surface area contributed by atoms with E-state index in [4.69, 9.17) is 4.18 Å². The van der Waals surface area contributed by atoms with Gasteiger partial charge in [0.05, 0.1) is 23.7 Å². The van der Waals surface area contributed by atoms with Crippen LogP contribution < -0.4 is 21.3 Å². The Bertz CT molecular complexity index is 404. The monoisotopic (exact) mass is 354 g/mol. The lowest BCUT2D eigenvalue weighted by Gasteiger charge is -2.28. The zero-order chi connectivity index (χ0) is 15.8. The summed E-state index contributed by atoms with van der Waals surface area (Å²) in [6.45, 7) is 0.285. The second-order valence-electron chi connectivity index (χ2n) is 4.35. The predicted molar refractivity (Wildman–Crippen MR) is 93.4 cm³/mol. The SMILES string of the molecule is CNC(=O)C1CO[SH]=C(C(CS)NC(=O)C(CS)NC)N1. The van der Waals surface area contributed by atoms with Crippen LogP contribution in [-0.2, 0) is 13.8 Å². The van der Waals surface area contributed by atoms with Gasteiger partial charge in [0.2, 0.25) is 11.8 Å². The van der Waals surface area contributed by atoms with E-state index in [1.165, 1.54) is 0 Å². The highest BCUT2D eigenvalue weighted by Crippen LogP contribution is 2.08. The number of rotatable bonds is 7. The van der Waals surface area contributed by atoms with Crippen molar-refractivity contribution in [2.75, 3.05) is 32.2 Å². The molecule has 0 saturated carbocycles. The molecule has 0 aliphatic carbocycles. The normalized spacial score (nSPS) is 21.5. The van der Waals surface area contributed by atoms with E-state index >= 15 is 0 Å². The number of hydrogen-bond donors (Lipinski definition) is 7. The van der Waals surface area contributed by atoms with Crippen molar-refractivity contribution in [1.29, 1.82) is 0 Å². The topological polar surface area (TPSA) is 91.5 Å². The molecule has 1 heterocycles. The lowest BCUT2D eigenvalue weighted by molar-refractivity contribution is -0.123. The van der Waals surface area contributed by atoms with Crippen LogP contribution in [0.15, 0.2) is 0 Å². The molecule has 2 amide bonds. The first-order chi connectivity index (χ1) is 10.1. The van der Waals surface area contributed by atoms with Crippen LogP contribution in [0.1, 0.15) is 0 Å². The van der Waals surface area contributed by atoms with Gasteiger partial charge in [0.15, 0.2) is 0 Å². The van der Waals surface area contributed by atoms with Crippen LogP contribution in [0.4, 0.5) is 0 Å². The van der Waals surface area contributed by atoms with Crippen molar-refractivity contribution in [3.05, 3.63) is 0 Å². The lowest BCUT2D eigenvalue weighted by Crippen LogP contribution is -2.58. The Morgan fingerprint density at radius 1 is 1.43 bits per heavy atom. The van der Waals surface area contributed by atoms with Crippen molar-refractivity contribution in [2.24, 2.45) is 0 Å². The fourth-order valence-electron chi connectivity index (χ4n) is 1.69. The summed E-state index contributed by atoms with van der Waals surface area (Å²) in [6.07, 6.45) is 0. The van der Waals surface area contributed by atoms with E-state index in [1.54, 1.807) is 14.1 Å². The molecule has 0 aromatic rings. The molecule has 7 nitrogen and oxygen atoms in total. The summed E-state index contributed by atoms with van der Waals surface area (Å²) >= 11 is 8.98. The van der Waals surface area contributed by atoms with Gasteiger partial charge in [0.1, 0.15) is 6.04 Å². The summed E-state index contributed by atoms with van der Waals surface area (Å²) in [6, 6.07) is -1.17. The van der Waals surface area contributed by atoms with Crippen LogP contribution in [-0.4, -0.2) is 67.1 Å². The first-order valence-electron chi connectivity index (χ1n) is 6.44. The number of carbonyl (C=O) groups is 2. The molecule has 1 aliphatic heterocycles. The van der Waals surface area contributed by atoms with Gasteiger partial charge in [-0.3, -0.25) is 14.9 Å². The average Bonchev–Trinajstić information content (AvgIpc) is 2.53. The minimum atomic E-state index is -0.462. The zero-order valence-corrected chi connectivity index (χ0v) is 14.6. The van der Waals surface area contributed by atoms with E-state index < -0.39 is 6.04 Å². The molecule has 0 radical (unpaired) electrons. The number of hydrogen-bond acceptors (Lipinski definition) is 7. The van der Waals surface area contributed by atoms with Gasteiger partial charge in [0, 0.05) is 18.6 Å². The van der Waals surface area contributed by atoms with E-state index in [-0.39, 0.29) is 30.5 Å². The molecule has 3 unspecified atom stereocenters. The van der Waals surface area contributed by atoms with Gasteiger partial charge in [-0.25, -0.2) is 0 Å². The Morgan fingerprint density at radius 2 is 2.14 bits per heavy atom. The molecule has 0 spiro atoms. The maximum absolute atomic E-state index is 12.1. The van der Waals surface area contributed by atoms with Crippen molar-refractivity contribution < 1.29 is 13.8 Å². The number of thiol groups is 3. The molecule has 21 heavy (non-hydrogen) atoms. The van der Waals surface area contributed by atoms with E-state index in [0.717, 1.165) is 0 Å². The molecule has 1 aliphatic rings. The zero-order valence-electron chi connectivity index (χ0n) is 11.9. The van der Waals surface area contributed by atoms with Gasteiger partial charge >= 0.3 is 0 Å². The second kappa shape index (κ2) is 9.70. The minimum absolute atomic E-state index is 0.157. The highest BCUT2D eigenvalue weighted by atomic mass is 32.2. The van der Waals surface area contributed by atoms with Gasteiger partial charge in [-0.05, 0) is 7.05 Å². The van der Waals surface area contributed by atoms with Crippen LogP contribution in [0.3, 0.4) is 0 Å². The summed E-state index contributed by atoms with van der Waals surface area (Å²) in [7, 11) is 3.27. The van der Waals surface area contributed by atoms with Gasteiger partial charge in [-0.15, -0.1) is 0 Å². The molecule has 0 aromatic carbocycles. The predicted octanol–water partition coefficient (Wildman–Crippen LogP) is -1.84. The molecule has 122 valence electrons. The molecule has 4 N–H and O–H groups in total. The van der Waals surface area contributed by atoms with Gasteiger partial charge in [-0.1, -0.05) is 11.6 Å². The molecular formula is C11H22N4O3S3. The smallest absolute Gasteiger partial charge is 0.239 e. The first kappa shape index (κ1) is 18.8. The fourth-order valence-corrected chi connectivity index (χ4v) is 3.31. The van der Waals surface area contributed by atoms with E-state index in [2.05, 4.69) is 46.5 Å². The third kappa shape index (κ3) is 5.46. The maximum atomic E-state index is 12.1. The number of carbonyl (C=O) groups excluding carboxylic acids is 2. The van der Waals surface area contributed by atoms with Crippen molar-refractivity contribution in [3.8, 4) is 0 Å². The molecule has 3 atom stereocenters. The van der Waals surface area contributed by atoms with E-state index in [0.29, 0.717) is 28.1 Å². The summed E-state index contributed by atoms with van der Waals surface area (Å²) in [5.41, 5.74) is 0. The lowest BCUT2D eigenvalue weighted by atomic mass is 10.2. The molecule has 0 bridgehead atoms. The van der Waals surface area contributed by atoms with E-state index in [9.17, 15) is 9.59 Å². The van der Waals surface area contributed by atoms with Crippen LogP contribution >= 0.6 is 36.9 Å². The van der Waals surface area contributed by atoms with Crippen molar-refractivity contribution in [3.63, 3.8) is 0 Å². The molecule has 10 heteroatoms. The number of likely N-dealkylation sites (N-methyl/N-ethyl adjacent to an activating group) is 2. The van der Waals surface area contributed by atoms with Gasteiger partial charge in [0.25, 0.3) is 0 Å². The van der Waals surface area contributed by atoms with Crippen LogP contribution in [0.5, 0.6) is 0 Å². The molecule has 0 saturated heterocycles. The Kier molecular flexibility index (Phi) is 8.67. The van der Waals surface area contributed by atoms with Crippen molar-refractivity contribution in [1.82, 2.24) is 21.3 Å². The van der Waals surface area contributed by atoms with Crippen LogP contribution in [0, 0.1) is 0 Å². The Labute approximate surface area is 139 Å². The van der Waals surface area contributed by atoms with E-state index in [1.807, 2.05) is 0 Å². The summed E-state index contributed by atoms with van der Waals surface area (Å²) < 4.78 is 5.39. The Hall–Kier alpha value is -0.260. The largest absolute Gasteiger partial charge is 0.358 e. The molecule has 1 rings (SSSR count). The number of nitrogens with one attached hydrogen (secondary N) is 4. The second-order valence-corrected chi connectivity index (χ2v) is 6.00. The highest BCUT2D eigenvalue weighted by Gasteiger charge is 2.27. The Morgan fingerprint density at radius 3 is 2.67 bits per heavy atom. The van der Waals surface area contributed by atoms with Gasteiger partial charge in [-0.2, -0.15) is 25.3 Å². The maximum Gasteiger partial charge on any atom is 0.239 e. The average molecular weight is 355 g/mol. The van der Waals surface area contributed by atoms with Crippen molar-refractivity contribution >= 4 is 53.7 Å². The van der Waals surface area contributed by atoms with Crippen molar-refractivity contribution in [2.45, 2.75) is 18.1 Å². The Balaban J connectivity index is 2.69. The molecular weight excluding hydrogens is 332 g/mol. The summed E-state index contributed by atoms with van der Waals surface area (Å²) in [5.74, 6) is 0.459. The standard InChI is InChI=1S/C11H22N4O3S3/c1-12-7(4-19)10(17)14-8(5-20)11-15-6(3-18-21-11)9(16)13-2/h6-8,12,15,19-21H,3-5H2,1-2H3,(H,13,16)(H,14,17). The molecule has 0 fully saturated rings. The highest BCUT2D eigenvalue weighted by molar-refractivity contribution is 7.94. The third-order valence-electron chi connectivity index (χ3n) is 2.97. The molecule has 0 aromatic heterocycles. The van der Waals surface area contributed by atoms with Crippen LogP contribution in [0.25, 0.3) is 0 Å². The van der Waals surface area contributed by atoms with Crippen LogP contribution in [0.2, 0.25) is 0 Å². The quantitative estimate of drug-likeness (QED) is 0.216. The third-order valence-corrected chi connectivity index (χ3v) is 4.61. The summed E-state index contributed by atoms with van der Waals surface area (Å²) in [4.78, 5) is 24.4.